The fraction of sp³-hybridized carbons (Fsp3) is 0.176. The highest BCUT2D eigenvalue weighted by atomic mass is 32.2. The number of ketones is 1. The third-order valence-corrected chi connectivity index (χ3v) is 4.23. The van der Waals surface area contributed by atoms with E-state index in [4.69, 9.17) is 0 Å². The van der Waals surface area contributed by atoms with Crippen molar-refractivity contribution >= 4 is 28.4 Å². The van der Waals surface area contributed by atoms with E-state index < -0.39 is 0 Å². The monoisotopic (exact) mass is 296 g/mol. The molecule has 0 spiro atoms. The van der Waals surface area contributed by atoms with Gasteiger partial charge in [-0.15, -0.1) is 11.8 Å². The molecule has 0 amide bonds. The molecular weight excluding hydrogens is 280 g/mol. The van der Waals surface area contributed by atoms with E-state index in [1.54, 1.807) is 18.7 Å². The van der Waals surface area contributed by atoms with Crippen LogP contribution in [0.15, 0.2) is 53.4 Å². The Labute approximate surface area is 128 Å². The molecule has 0 radical (unpaired) electrons. The van der Waals surface area contributed by atoms with Crippen molar-refractivity contribution in [2.24, 2.45) is 0 Å². The minimum absolute atomic E-state index is 0.00248. The standard InChI is InChI=1S/C17H16N2OS/c1-12(20)17-15-5-3-4-6-16(15)19(18-17)11-13-7-9-14(21-2)10-8-13/h3-10H,11H2,1-2H3. The fourth-order valence-corrected chi connectivity index (χ4v) is 2.82. The number of Topliss-reactive ketones (excluding diaryl/α,β-unsaturated/α-hetero) is 1. The molecule has 3 rings (SSSR count). The number of nitrogens with zero attached hydrogens (tertiary/aromatic N) is 2. The quantitative estimate of drug-likeness (QED) is 0.539. The number of thioether (sulfide) groups is 1. The summed E-state index contributed by atoms with van der Waals surface area (Å²) in [5, 5.41) is 5.41. The maximum absolute atomic E-state index is 11.7. The van der Waals surface area contributed by atoms with Crippen molar-refractivity contribution in [1.82, 2.24) is 9.78 Å². The van der Waals surface area contributed by atoms with E-state index in [1.807, 2.05) is 28.9 Å². The largest absolute Gasteiger partial charge is 0.293 e. The number of para-hydroxylation sites is 1. The average Bonchev–Trinajstić information content (AvgIpc) is 2.87. The topological polar surface area (TPSA) is 34.9 Å². The van der Waals surface area contributed by atoms with Crippen molar-refractivity contribution in [2.45, 2.75) is 18.4 Å². The lowest BCUT2D eigenvalue weighted by molar-refractivity contribution is 0.101. The molecule has 4 heteroatoms. The van der Waals surface area contributed by atoms with Gasteiger partial charge >= 0.3 is 0 Å². The molecule has 0 bridgehead atoms. The summed E-state index contributed by atoms with van der Waals surface area (Å²) in [6, 6.07) is 16.3. The normalized spacial score (nSPS) is 11.0. The molecule has 1 heterocycles. The summed E-state index contributed by atoms with van der Waals surface area (Å²) in [4.78, 5) is 13.0. The maximum Gasteiger partial charge on any atom is 0.180 e. The van der Waals surface area contributed by atoms with Crippen LogP contribution in [-0.2, 0) is 6.54 Å². The van der Waals surface area contributed by atoms with Gasteiger partial charge in [-0.2, -0.15) is 5.10 Å². The second-order valence-electron chi connectivity index (χ2n) is 4.93. The van der Waals surface area contributed by atoms with Gasteiger partial charge in [-0.1, -0.05) is 30.3 Å². The van der Waals surface area contributed by atoms with E-state index in [0.29, 0.717) is 12.2 Å². The van der Waals surface area contributed by atoms with Gasteiger partial charge in [-0.25, -0.2) is 0 Å². The minimum atomic E-state index is 0.00248. The van der Waals surface area contributed by atoms with Crippen LogP contribution >= 0.6 is 11.8 Å². The number of carbonyl (C=O) groups is 1. The Hall–Kier alpha value is -2.07. The number of rotatable bonds is 4. The number of hydrogen-bond acceptors (Lipinski definition) is 3. The Morgan fingerprint density at radius 1 is 1.14 bits per heavy atom. The highest BCUT2D eigenvalue weighted by Crippen LogP contribution is 2.21. The van der Waals surface area contributed by atoms with Crippen molar-refractivity contribution in [3.63, 3.8) is 0 Å². The summed E-state index contributed by atoms with van der Waals surface area (Å²) in [7, 11) is 0. The predicted molar refractivity (Wildman–Crippen MR) is 87.1 cm³/mol. The van der Waals surface area contributed by atoms with Gasteiger partial charge in [0, 0.05) is 17.2 Å². The first-order chi connectivity index (χ1) is 10.2. The zero-order valence-electron chi connectivity index (χ0n) is 12.0. The lowest BCUT2D eigenvalue weighted by Gasteiger charge is -2.04. The maximum atomic E-state index is 11.7. The summed E-state index contributed by atoms with van der Waals surface area (Å²) in [5.74, 6) is 0.00248. The lowest BCUT2D eigenvalue weighted by Crippen LogP contribution is -2.03. The van der Waals surface area contributed by atoms with Crippen LogP contribution in [-0.4, -0.2) is 21.8 Å². The number of carbonyl (C=O) groups excluding carboxylic acids is 1. The lowest BCUT2D eigenvalue weighted by atomic mass is 10.1. The van der Waals surface area contributed by atoms with Gasteiger partial charge in [0.15, 0.2) is 5.78 Å². The van der Waals surface area contributed by atoms with Gasteiger partial charge < -0.3 is 0 Å². The molecule has 0 saturated heterocycles. The van der Waals surface area contributed by atoms with Gasteiger partial charge in [0.2, 0.25) is 0 Å². The Bertz CT molecular complexity index is 790. The van der Waals surface area contributed by atoms with E-state index in [9.17, 15) is 4.79 Å². The van der Waals surface area contributed by atoms with Crippen molar-refractivity contribution < 1.29 is 4.79 Å². The Morgan fingerprint density at radius 2 is 1.86 bits per heavy atom. The second-order valence-corrected chi connectivity index (χ2v) is 5.81. The Balaban J connectivity index is 2.01. The first kappa shape index (κ1) is 13.9. The van der Waals surface area contributed by atoms with Crippen molar-refractivity contribution in [3.05, 3.63) is 59.8 Å². The number of hydrogen-bond donors (Lipinski definition) is 0. The van der Waals surface area contributed by atoms with Gasteiger partial charge in [0.05, 0.1) is 12.1 Å². The number of aromatic nitrogens is 2. The molecule has 0 aliphatic carbocycles. The molecular formula is C17H16N2OS. The highest BCUT2D eigenvalue weighted by molar-refractivity contribution is 7.98. The van der Waals surface area contributed by atoms with Gasteiger partial charge in [0.1, 0.15) is 5.69 Å². The summed E-state index contributed by atoms with van der Waals surface area (Å²) >= 11 is 1.73. The van der Waals surface area contributed by atoms with Crippen LogP contribution in [0.3, 0.4) is 0 Å². The molecule has 0 aliphatic rings. The van der Waals surface area contributed by atoms with E-state index >= 15 is 0 Å². The van der Waals surface area contributed by atoms with Crippen LogP contribution < -0.4 is 0 Å². The Morgan fingerprint density at radius 3 is 2.52 bits per heavy atom. The molecule has 0 atom stereocenters. The van der Waals surface area contributed by atoms with Gasteiger partial charge in [0.25, 0.3) is 0 Å². The van der Waals surface area contributed by atoms with Crippen LogP contribution in [0.2, 0.25) is 0 Å². The van der Waals surface area contributed by atoms with E-state index in [2.05, 4.69) is 35.6 Å². The zero-order valence-corrected chi connectivity index (χ0v) is 12.9. The highest BCUT2D eigenvalue weighted by Gasteiger charge is 2.13. The average molecular weight is 296 g/mol. The molecule has 0 saturated carbocycles. The zero-order chi connectivity index (χ0) is 14.8. The third-order valence-electron chi connectivity index (χ3n) is 3.48. The van der Waals surface area contributed by atoms with Crippen LogP contribution in [0.25, 0.3) is 10.9 Å². The fourth-order valence-electron chi connectivity index (χ4n) is 2.41. The molecule has 2 aromatic carbocycles. The number of fused-ring (bicyclic) bond motifs is 1. The summed E-state index contributed by atoms with van der Waals surface area (Å²) in [6.07, 6.45) is 2.06. The first-order valence-electron chi connectivity index (χ1n) is 6.78. The van der Waals surface area contributed by atoms with Crippen LogP contribution in [0.5, 0.6) is 0 Å². The predicted octanol–water partition coefficient (Wildman–Crippen LogP) is 4.01. The van der Waals surface area contributed by atoms with Crippen molar-refractivity contribution in [2.75, 3.05) is 6.26 Å². The van der Waals surface area contributed by atoms with Crippen LogP contribution in [0, 0.1) is 0 Å². The Kier molecular flexibility index (Phi) is 3.80. The summed E-state index contributed by atoms with van der Waals surface area (Å²) < 4.78 is 1.90. The van der Waals surface area contributed by atoms with Gasteiger partial charge in [-0.05, 0) is 30.0 Å². The van der Waals surface area contributed by atoms with E-state index in [-0.39, 0.29) is 5.78 Å². The van der Waals surface area contributed by atoms with Gasteiger partial charge in [-0.3, -0.25) is 9.48 Å². The molecule has 21 heavy (non-hydrogen) atoms. The third kappa shape index (κ3) is 2.72. The molecule has 3 nitrogen and oxygen atoms in total. The molecule has 0 aliphatic heterocycles. The first-order valence-corrected chi connectivity index (χ1v) is 8.01. The molecule has 1 aromatic heterocycles. The second kappa shape index (κ2) is 5.74. The molecule has 106 valence electrons. The SMILES string of the molecule is CSc1ccc(Cn2nc(C(C)=O)c3ccccc32)cc1. The molecule has 0 fully saturated rings. The number of benzene rings is 2. The van der Waals surface area contributed by atoms with E-state index in [0.717, 1.165) is 10.9 Å². The van der Waals surface area contributed by atoms with Crippen LogP contribution in [0.1, 0.15) is 23.0 Å². The van der Waals surface area contributed by atoms with Crippen molar-refractivity contribution in [3.8, 4) is 0 Å². The minimum Gasteiger partial charge on any atom is -0.293 e. The smallest absolute Gasteiger partial charge is 0.180 e. The van der Waals surface area contributed by atoms with Crippen molar-refractivity contribution in [1.29, 1.82) is 0 Å². The van der Waals surface area contributed by atoms with E-state index in [1.165, 1.54) is 10.5 Å². The summed E-state index contributed by atoms with van der Waals surface area (Å²) in [6.45, 7) is 2.23. The molecule has 3 aromatic rings. The molecule has 0 N–H and O–H groups in total. The van der Waals surface area contributed by atoms with Crippen LogP contribution in [0.4, 0.5) is 0 Å². The summed E-state index contributed by atoms with van der Waals surface area (Å²) in [5.41, 5.74) is 2.72. The molecule has 0 unspecified atom stereocenters.